The van der Waals surface area contributed by atoms with E-state index in [-0.39, 0.29) is 0 Å². The molecule has 5 nitrogen and oxygen atoms in total. The van der Waals surface area contributed by atoms with Crippen LogP contribution in [0.15, 0.2) is 10.6 Å². The summed E-state index contributed by atoms with van der Waals surface area (Å²) in [5.41, 5.74) is 0.935. The fourth-order valence-electron chi connectivity index (χ4n) is 3.88. The fourth-order valence-corrected chi connectivity index (χ4v) is 3.88. The van der Waals surface area contributed by atoms with Gasteiger partial charge in [-0.05, 0) is 39.2 Å². The van der Waals surface area contributed by atoms with Crippen molar-refractivity contribution in [2.75, 3.05) is 13.1 Å². The van der Waals surface area contributed by atoms with Gasteiger partial charge in [0.1, 0.15) is 0 Å². The first kappa shape index (κ1) is 14.6. The molecular weight excluding hydrogens is 266 g/mol. The molecule has 21 heavy (non-hydrogen) atoms. The van der Waals surface area contributed by atoms with Gasteiger partial charge in [-0.25, -0.2) is 0 Å². The first-order chi connectivity index (χ1) is 10.2. The Morgan fingerprint density at radius 1 is 1.33 bits per heavy atom. The highest BCUT2D eigenvalue weighted by Gasteiger charge is 2.39. The Morgan fingerprint density at radius 2 is 2.10 bits per heavy atom. The van der Waals surface area contributed by atoms with E-state index in [1.807, 2.05) is 19.9 Å². The van der Waals surface area contributed by atoms with E-state index in [0.717, 1.165) is 43.9 Å². The SMILES string of the molecule is CCC(=O)N1CCC[C@@H]1[C@H]1CCCN1Cc1cc(C)no1. The molecule has 0 spiro atoms. The summed E-state index contributed by atoms with van der Waals surface area (Å²) in [4.78, 5) is 16.7. The molecule has 1 aromatic heterocycles. The number of nitrogens with zero attached hydrogens (tertiary/aromatic N) is 3. The van der Waals surface area contributed by atoms with Crippen LogP contribution in [0, 0.1) is 6.92 Å². The Labute approximate surface area is 126 Å². The van der Waals surface area contributed by atoms with Gasteiger partial charge in [0.15, 0.2) is 5.76 Å². The maximum atomic E-state index is 12.1. The van der Waals surface area contributed by atoms with Gasteiger partial charge in [0, 0.05) is 31.1 Å². The maximum Gasteiger partial charge on any atom is 0.222 e. The van der Waals surface area contributed by atoms with Crippen LogP contribution in [0.4, 0.5) is 0 Å². The summed E-state index contributed by atoms with van der Waals surface area (Å²) in [6.07, 6.45) is 5.29. The summed E-state index contributed by atoms with van der Waals surface area (Å²) in [5, 5.41) is 3.97. The van der Waals surface area contributed by atoms with Gasteiger partial charge in [-0.3, -0.25) is 9.69 Å². The van der Waals surface area contributed by atoms with Crippen LogP contribution in [0.2, 0.25) is 0 Å². The average molecular weight is 291 g/mol. The summed E-state index contributed by atoms with van der Waals surface area (Å²) in [6, 6.07) is 2.89. The number of hydrogen-bond donors (Lipinski definition) is 0. The normalized spacial score (nSPS) is 26.7. The first-order valence-corrected chi connectivity index (χ1v) is 8.14. The van der Waals surface area contributed by atoms with Crippen LogP contribution < -0.4 is 0 Å². The summed E-state index contributed by atoms with van der Waals surface area (Å²) < 4.78 is 5.36. The molecule has 0 aliphatic carbocycles. The topological polar surface area (TPSA) is 49.6 Å². The molecule has 2 aliphatic heterocycles. The molecule has 116 valence electrons. The summed E-state index contributed by atoms with van der Waals surface area (Å²) in [5.74, 6) is 1.24. The van der Waals surface area contributed by atoms with Gasteiger partial charge in [-0.1, -0.05) is 12.1 Å². The van der Waals surface area contributed by atoms with Crippen LogP contribution in [-0.4, -0.2) is 46.0 Å². The van der Waals surface area contributed by atoms with Crippen molar-refractivity contribution in [2.24, 2.45) is 0 Å². The number of hydrogen-bond acceptors (Lipinski definition) is 4. The Morgan fingerprint density at radius 3 is 2.81 bits per heavy atom. The Kier molecular flexibility index (Phi) is 4.29. The lowest BCUT2D eigenvalue weighted by atomic mass is 10.0. The van der Waals surface area contributed by atoms with Crippen LogP contribution in [0.1, 0.15) is 50.5 Å². The monoisotopic (exact) mass is 291 g/mol. The minimum Gasteiger partial charge on any atom is -0.360 e. The van der Waals surface area contributed by atoms with E-state index in [4.69, 9.17) is 4.52 Å². The molecule has 0 radical (unpaired) electrons. The second-order valence-electron chi connectivity index (χ2n) is 6.26. The summed E-state index contributed by atoms with van der Waals surface area (Å²) in [7, 11) is 0. The van der Waals surface area contributed by atoms with Crippen LogP contribution >= 0.6 is 0 Å². The number of carbonyl (C=O) groups is 1. The van der Waals surface area contributed by atoms with Crippen molar-refractivity contribution < 1.29 is 9.32 Å². The number of likely N-dealkylation sites (tertiary alicyclic amines) is 2. The van der Waals surface area contributed by atoms with Gasteiger partial charge in [-0.15, -0.1) is 0 Å². The highest BCUT2D eigenvalue weighted by atomic mass is 16.5. The van der Waals surface area contributed by atoms with Gasteiger partial charge in [0.05, 0.1) is 12.2 Å². The number of aromatic nitrogens is 1. The number of carbonyl (C=O) groups excluding carboxylic acids is 1. The van der Waals surface area contributed by atoms with Crippen LogP contribution in [0.3, 0.4) is 0 Å². The molecule has 3 rings (SSSR count). The van der Waals surface area contributed by atoms with Gasteiger partial charge in [0.2, 0.25) is 5.91 Å². The van der Waals surface area contributed by atoms with Crippen molar-refractivity contribution in [3.05, 3.63) is 17.5 Å². The number of aryl methyl sites for hydroxylation is 1. The zero-order valence-corrected chi connectivity index (χ0v) is 13.0. The van der Waals surface area contributed by atoms with E-state index >= 15 is 0 Å². The van der Waals surface area contributed by atoms with E-state index in [9.17, 15) is 4.79 Å². The third-order valence-electron chi connectivity index (χ3n) is 4.82. The van der Waals surface area contributed by atoms with E-state index in [0.29, 0.717) is 24.4 Å². The van der Waals surface area contributed by atoms with Gasteiger partial charge < -0.3 is 9.42 Å². The molecule has 0 N–H and O–H groups in total. The van der Waals surface area contributed by atoms with Gasteiger partial charge in [0.25, 0.3) is 0 Å². The van der Waals surface area contributed by atoms with E-state index in [2.05, 4.69) is 15.0 Å². The van der Waals surface area contributed by atoms with E-state index in [1.54, 1.807) is 0 Å². The minimum absolute atomic E-state index is 0.305. The Bertz CT molecular complexity index is 499. The molecule has 3 heterocycles. The molecule has 2 saturated heterocycles. The highest BCUT2D eigenvalue weighted by molar-refractivity contribution is 5.76. The Balaban J connectivity index is 1.69. The molecule has 5 heteroatoms. The van der Waals surface area contributed by atoms with Gasteiger partial charge >= 0.3 is 0 Å². The van der Waals surface area contributed by atoms with Crippen LogP contribution in [0.25, 0.3) is 0 Å². The van der Waals surface area contributed by atoms with Crippen molar-refractivity contribution in [1.82, 2.24) is 15.0 Å². The molecule has 2 fully saturated rings. The lowest BCUT2D eigenvalue weighted by Crippen LogP contribution is -2.47. The average Bonchev–Trinajstić information content (AvgIpc) is 3.18. The molecule has 0 aromatic carbocycles. The lowest BCUT2D eigenvalue weighted by Gasteiger charge is -2.34. The molecule has 1 amide bonds. The second kappa shape index (κ2) is 6.18. The molecule has 0 saturated carbocycles. The van der Waals surface area contributed by atoms with Crippen molar-refractivity contribution in [1.29, 1.82) is 0 Å². The van der Waals surface area contributed by atoms with E-state index in [1.165, 1.54) is 12.8 Å². The van der Waals surface area contributed by atoms with Crippen LogP contribution in [-0.2, 0) is 11.3 Å². The van der Waals surface area contributed by atoms with Crippen molar-refractivity contribution >= 4 is 5.91 Å². The minimum atomic E-state index is 0.305. The predicted octanol–water partition coefficient (Wildman–Crippen LogP) is 2.35. The summed E-state index contributed by atoms with van der Waals surface area (Å²) >= 11 is 0. The first-order valence-electron chi connectivity index (χ1n) is 8.14. The van der Waals surface area contributed by atoms with Gasteiger partial charge in [-0.2, -0.15) is 0 Å². The molecule has 2 atom stereocenters. The van der Waals surface area contributed by atoms with Crippen molar-refractivity contribution in [2.45, 2.75) is 64.6 Å². The zero-order chi connectivity index (χ0) is 14.8. The number of rotatable bonds is 4. The molecule has 0 bridgehead atoms. The quantitative estimate of drug-likeness (QED) is 0.854. The highest BCUT2D eigenvalue weighted by Crippen LogP contribution is 2.31. The zero-order valence-electron chi connectivity index (χ0n) is 13.0. The largest absolute Gasteiger partial charge is 0.360 e. The number of amides is 1. The second-order valence-corrected chi connectivity index (χ2v) is 6.26. The molecular formula is C16H25N3O2. The summed E-state index contributed by atoms with van der Waals surface area (Å²) in [6.45, 7) is 6.75. The standard InChI is InChI=1S/C16H25N3O2/c1-3-16(20)19-9-5-7-15(19)14-6-4-8-18(14)11-13-10-12(2)17-21-13/h10,14-15H,3-9,11H2,1-2H3/t14-,15-/m1/s1. The predicted molar refractivity (Wildman–Crippen MR) is 79.7 cm³/mol. The molecule has 2 aliphatic rings. The Hall–Kier alpha value is -1.36. The molecule has 0 unspecified atom stereocenters. The lowest BCUT2D eigenvalue weighted by molar-refractivity contribution is -0.132. The third kappa shape index (κ3) is 2.98. The van der Waals surface area contributed by atoms with Crippen molar-refractivity contribution in [3.8, 4) is 0 Å². The maximum absolute atomic E-state index is 12.1. The van der Waals surface area contributed by atoms with E-state index < -0.39 is 0 Å². The fraction of sp³-hybridized carbons (Fsp3) is 0.750. The molecule has 1 aromatic rings. The third-order valence-corrected chi connectivity index (χ3v) is 4.82. The smallest absolute Gasteiger partial charge is 0.222 e. The van der Waals surface area contributed by atoms with Crippen molar-refractivity contribution in [3.63, 3.8) is 0 Å². The van der Waals surface area contributed by atoms with Crippen LogP contribution in [0.5, 0.6) is 0 Å².